The van der Waals surface area contributed by atoms with Crippen LogP contribution in [0, 0.1) is 0 Å². The van der Waals surface area contributed by atoms with Crippen molar-refractivity contribution >= 4 is 6.03 Å². The van der Waals surface area contributed by atoms with Crippen LogP contribution in [0.3, 0.4) is 0 Å². The van der Waals surface area contributed by atoms with E-state index in [1.807, 2.05) is 24.3 Å². The Morgan fingerprint density at radius 2 is 2.05 bits per heavy atom. The van der Waals surface area contributed by atoms with E-state index < -0.39 is 6.10 Å². The predicted molar refractivity (Wildman–Crippen MR) is 83.2 cm³/mol. The van der Waals surface area contributed by atoms with E-state index in [0.29, 0.717) is 13.0 Å². The number of urea groups is 1. The molecule has 0 aromatic heterocycles. The summed E-state index contributed by atoms with van der Waals surface area (Å²) in [5.41, 5.74) is 2.13. The molecule has 2 amide bonds. The highest BCUT2D eigenvalue weighted by Crippen LogP contribution is 2.30. The lowest BCUT2D eigenvalue weighted by atomic mass is 10.1. The Labute approximate surface area is 126 Å². The summed E-state index contributed by atoms with van der Waals surface area (Å²) >= 11 is 0. The first kappa shape index (κ1) is 15.8. The first-order chi connectivity index (χ1) is 10.2. The minimum Gasteiger partial charge on any atom is -0.390 e. The molecule has 0 spiro atoms. The van der Waals surface area contributed by atoms with Gasteiger partial charge in [0.2, 0.25) is 0 Å². The van der Waals surface area contributed by atoms with Crippen LogP contribution < -0.4 is 10.6 Å². The molecule has 0 fully saturated rings. The number of hydrogen-bond donors (Lipinski definition) is 3. The van der Waals surface area contributed by atoms with Gasteiger partial charge in [0.15, 0.2) is 0 Å². The van der Waals surface area contributed by atoms with E-state index in [4.69, 9.17) is 0 Å². The third-order valence-corrected chi connectivity index (χ3v) is 4.10. The van der Waals surface area contributed by atoms with Crippen LogP contribution in [0.25, 0.3) is 0 Å². The van der Waals surface area contributed by atoms with Gasteiger partial charge in [0.05, 0.1) is 12.1 Å². The molecule has 1 aromatic carbocycles. The van der Waals surface area contributed by atoms with Gasteiger partial charge in [-0.25, -0.2) is 4.79 Å². The molecular formula is C16H25N3O2. The van der Waals surface area contributed by atoms with Gasteiger partial charge >= 0.3 is 6.03 Å². The maximum atomic E-state index is 12.0. The number of aliphatic hydroxyl groups excluding tert-OH is 1. The summed E-state index contributed by atoms with van der Waals surface area (Å²) in [4.78, 5) is 14.2. The van der Waals surface area contributed by atoms with Crippen LogP contribution in [0.4, 0.5) is 4.79 Å². The highest BCUT2D eigenvalue weighted by molar-refractivity contribution is 5.74. The fourth-order valence-electron chi connectivity index (χ4n) is 2.81. The quantitative estimate of drug-likeness (QED) is 0.740. The molecule has 0 aliphatic heterocycles. The van der Waals surface area contributed by atoms with Crippen molar-refractivity contribution in [3.8, 4) is 0 Å². The van der Waals surface area contributed by atoms with Crippen LogP contribution in [-0.2, 0) is 6.42 Å². The second-order valence-corrected chi connectivity index (χ2v) is 5.38. The SMILES string of the molecule is CCN(CC)CCNC(=O)N[C@@H]1c2ccccc2C[C@@H]1O. The lowest BCUT2D eigenvalue weighted by Crippen LogP contribution is -2.43. The largest absolute Gasteiger partial charge is 0.390 e. The summed E-state index contributed by atoms with van der Waals surface area (Å²) in [7, 11) is 0. The van der Waals surface area contributed by atoms with Gasteiger partial charge in [0.1, 0.15) is 0 Å². The van der Waals surface area contributed by atoms with Crippen molar-refractivity contribution in [2.45, 2.75) is 32.4 Å². The summed E-state index contributed by atoms with van der Waals surface area (Å²) in [5, 5.41) is 15.8. The lowest BCUT2D eigenvalue weighted by molar-refractivity contribution is 0.142. The van der Waals surface area contributed by atoms with Gasteiger partial charge in [0, 0.05) is 19.5 Å². The molecule has 1 aliphatic carbocycles. The van der Waals surface area contributed by atoms with Crippen LogP contribution in [0.2, 0.25) is 0 Å². The molecule has 2 atom stereocenters. The fourth-order valence-corrected chi connectivity index (χ4v) is 2.81. The van der Waals surface area contributed by atoms with Crippen molar-refractivity contribution in [2.75, 3.05) is 26.2 Å². The molecule has 21 heavy (non-hydrogen) atoms. The van der Waals surface area contributed by atoms with Gasteiger partial charge < -0.3 is 20.6 Å². The summed E-state index contributed by atoms with van der Waals surface area (Å²) in [5.74, 6) is 0. The number of amides is 2. The van der Waals surface area contributed by atoms with Crippen LogP contribution in [-0.4, -0.2) is 48.3 Å². The van der Waals surface area contributed by atoms with E-state index in [0.717, 1.165) is 30.8 Å². The molecule has 116 valence electrons. The monoisotopic (exact) mass is 291 g/mol. The second kappa shape index (κ2) is 7.43. The molecule has 1 aliphatic rings. The van der Waals surface area contributed by atoms with Crippen molar-refractivity contribution in [2.24, 2.45) is 0 Å². The van der Waals surface area contributed by atoms with E-state index >= 15 is 0 Å². The Morgan fingerprint density at radius 1 is 1.33 bits per heavy atom. The Kier molecular flexibility index (Phi) is 5.59. The maximum Gasteiger partial charge on any atom is 0.315 e. The molecule has 0 saturated carbocycles. The van der Waals surface area contributed by atoms with Gasteiger partial charge in [0.25, 0.3) is 0 Å². The number of nitrogens with one attached hydrogen (secondary N) is 2. The zero-order valence-corrected chi connectivity index (χ0v) is 12.8. The Hall–Kier alpha value is -1.59. The normalized spacial score (nSPS) is 20.4. The molecule has 2 rings (SSSR count). The summed E-state index contributed by atoms with van der Waals surface area (Å²) in [6.07, 6.45) is 0.0524. The number of carbonyl (C=O) groups excluding carboxylic acids is 1. The average molecular weight is 291 g/mol. The third-order valence-electron chi connectivity index (χ3n) is 4.10. The van der Waals surface area contributed by atoms with E-state index in [9.17, 15) is 9.90 Å². The number of benzene rings is 1. The van der Waals surface area contributed by atoms with Crippen molar-refractivity contribution in [1.82, 2.24) is 15.5 Å². The van der Waals surface area contributed by atoms with Crippen LogP contribution in [0.5, 0.6) is 0 Å². The number of carbonyl (C=O) groups is 1. The Bertz CT molecular complexity index is 474. The standard InChI is InChI=1S/C16H25N3O2/c1-3-19(4-2)10-9-17-16(21)18-15-13-8-6-5-7-12(13)11-14(15)20/h5-8,14-15,20H,3-4,9-11H2,1-2H3,(H2,17,18,21)/t14-,15+/m0/s1. The summed E-state index contributed by atoms with van der Waals surface area (Å²) in [6, 6.07) is 7.32. The molecule has 0 heterocycles. The van der Waals surface area contributed by atoms with E-state index in [1.165, 1.54) is 0 Å². The Morgan fingerprint density at radius 3 is 2.76 bits per heavy atom. The third kappa shape index (κ3) is 3.95. The van der Waals surface area contributed by atoms with Crippen molar-refractivity contribution in [1.29, 1.82) is 0 Å². The smallest absolute Gasteiger partial charge is 0.315 e. The Balaban J connectivity index is 1.83. The number of hydrogen-bond acceptors (Lipinski definition) is 3. The lowest BCUT2D eigenvalue weighted by Gasteiger charge is -2.20. The number of aliphatic hydroxyl groups is 1. The second-order valence-electron chi connectivity index (χ2n) is 5.38. The first-order valence-electron chi connectivity index (χ1n) is 7.68. The fraction of sp³-hybridized carbons (Fsp3) is 0.562. The number of fused-ring (bicyclic) bond motifs is 1. The minimum atomic E-state index is -0.545. The molecule has 0 unspecified atom stereocenters. The van der Waals surface area contributed by atoms with Crippen molar-refractivity contribution in [3.05, 3.63) is 35.4 Å². The van der Waals surface area contributed by atoms with Crippen LogP contribution in [0.15, 0.2) is 24.3 Å². The van der Waals surface area contributed by atoms with Crippen LogP contribution >= 0.6 is 0 Å². The minimum absolute atomic E-state index is 0.220. The molecule has 0 saturated heterocycles. The van der Waals surface area contributed by atoms with Gasteiger partial charge in [-0.1, -0.05) is 38.1 Å². The summed E-state index contributed by atoms with van der Waals surface area (Å²) < 4.78 is 0. The molecule has 5 heteroatoms. The summed E-state index contributed by atoms with van der Waals surface area (Å²) in [6.45, 7) is 7.62. The van der Waals surface area contributed by atoms with Crippen molar-refractivity contribution in [3.63, 3.8) is 0 Å². The van der Waals surface area contributed by atoms with Crippen LogP contribution in [0.1, 0.15) is 31.0 Å². The predicted octanol–water partition coefficient (Wildman–Crippen LogP) is 1.29. The number of rotatable bonds is 6. The number of nitrogens with zero attached hydrogens (tertiary/aromatic N) is 1. The van der Waals surface area contributed by atoms with E-state index in [1.54, 1.807) is 0 Å². The highest BCUT2D eigenvalue weighted by atomic mass is 16.3. The molecule has 5 nitrogen and oxygen atoms in total. The molecule has 0 bridgehead atoms. The average Bonchev–Trinajstić information content (AvgIpc) is 2.80. The molecule has 0 radical (unpaired) electrons. The zero-order chi connectivity index (χ0) is 15.2. The van der Waals surface area contributed by atoms with E-state index in [2.05, 4.69) is 29.4 Å². The highest BCUT2D eigenvalue weighted by Gasteiger charge is 2.31. The first-order valence-corrected chi connectivity index (χ1v) is 7.68. The number of likely N-dealkylation sites (N-methyl/N-ethyl adjacent to an activating group) is 1. The molecule has 3 N–H and O–H groups in total. The van der Waals surface area contributed by atoms with Crippen molar-refractivity contribution < 1.29 is 9.90 Å². The van der Waals surface area contributed by atoms with Gasteiger partial charge in [-0.05, 0) is 24.2 Å². The maximum absolute atomic E-state index is 12.0. The molecule has 1 aromatic rings. The zero-order valence-electron chi connectivity index (χ0n) is 12.8. The molecular weight excluding hydrogens is 266 g/mol. The van der Waals surface area contributed by atoms with Gasteiger partial charge in [-0.2, -0.15) is 0 Å². The topological polar surface area (TPSA) is 64.6 Å². The van der Waals surface area contributed by atoms with Gasteiger partial charge in [-0.15, -0.1) is 0 Å². The van der Waals surface area contributed by atoms with Gasteiger partial charge in [-0.3, -0.25) is 0 Å². The van der Waals surface area contributed by atoms with E-state index in [-0.39, 0.29) is 12.1 Å².